The van der Waals surface area contributed by atoms with Crippen LogP contribution in [0.2, 0.25) is 10.0 Å². The van der Waals surface area contributed by atoms with Crippen molar-refractivity contribution in [1.29, 1.82) is 0 Å². The van der Waals surface area contributed by atoms with E-state index in [2.05, 4.69) is 24.1 Å². The molecule has 30 heavy (non-hydrogen) atoms. The predicted octanol–water partition coefficient (Wildman–Crippen LogP) is 6.41. The highest BCUT2D eigenvalue weighted by molar-refractivity contribution is 7.17. The summed E-state index contributed by atoms with van der Waals surface area (Å²) in [6.07, 6.45) is 0. The maximum atomic E-state index is 12.8. The number of nitrogens with one attached hydrogen (secondary N) is 1. The monoisotopic (exact) mass is 480 g/mol. The number of carbonyl (C=O) groups excluding carboxylic acids is 1. The van der Waals surface area contributed by atoms with Crippen LogP contribution in [-0.2, 0) is 4.74 Å². The van der Waals surface area contributed by atoms with Gasteiger partial charge in [0.15, 0.2) is 0 Å². The number of benzene rings is 1. The average molecular weight is 481 g/mol. The molecule has 0 bridgehead atoms. The SMILES string of the molecule is Cc1sc(NC(=O)c2cccs2)c(C(c2ccc(Cl)cc2Cl)N2CCOCC2)c1C. The van der Waals surface area contributed by atoms with Crippen LogP contribution in [0.15, 0.2) is 35.7 Å². The molecule has 1 saturated heterocycles. The summed E-state index contributed by atoms with van der Waals surface area (Å²) in [6, 6.07) is 9.27. The molecule has 3 heterocycles. The maximum Gasteiger partial charge on any atom is 0.266 e. The Balaban J connectivity index is 1.81. The highest BCUT2D eigenvalue weighted by Crippen LogP contribution is 2.44. The number of morpholine rings is 1. The Hall–Kier alpha value is -1.41. The van der Waals surface area contributed by atoms with E-state index in [4.69, 9.17) is 27.9 Å². The summed E-state index contributed by atoms with van der Waals surface area (Å²) in [5.74, 6) is -0.0876. The van der Waals surface area contributed by atoms with Gasteiger partial charge in [-0.2, -0.15) is 0 Å². The minimum atomic E-state index is -0.0951. The third-order valence-corrected chi connectivity index (χ3v) is 7.91. The van der Waals surface area contributed by atoms with E-state index in [0.717, 1.165) is 29.2 Å². The quantitative estimate of drug-likeness (QED) is 0.458. The number of thiophene rings is 2. The molecule has 8 heteroatoms. The van der Waals surface area contributed by atoms with Gasteiger partial charge in [-0.1, -0.05) is 35.3 Å². The molecule has 1 N–H and O–H groups in total. The number of carbonyl (C=O) groups is 1. The summed E-state index contributed by atoms with van der Waals surface area (Å²) < 4.78 is 5.59. The van der Waals surface area contributed by atoms with Crippen LogP contribution in [0.1, 0.15) is 37.3 Å². The molecule has 4 nitrogen and oxygen atoms in total. The number of hydrogen-bond acceptors (Lipinski definition) is 5. The second-order valence-electron chi connectivity index (χ2n) is 7.17. The Morgan fingerprint density at radius 2 is 1.97 bits per heavy atom. The van der Waals surface area contributed by atoms with Gasteiger partial charge in [-0.25, -0.2) is 0 Å². The molecule has 1 amide bonds. The Morgan fingerprint density at radius 3 is 2.63 bits per heavy atom. The zero-order valence-electron chi connectivity index (χ0n) is 16.7. The predicted molar refractivity (Wildman–Crippen MR) is 127 cm³/mol. The van der Waals surface area contributed by atoms with Crippen molar-refractivity contribution in [3.8, 4) is 0 Å². The molecule has 1 unspecified atom stereocenters. The lowest BCUT2D eigenvalue weighted by Gasteiger charge is -2.36. The number of rotatable bonds is 5. The van der Waals surface area contributed by atoms with Crippen molar-refractivity contribution in [1.82, 2.24) is 4.90 Å². The molecule has 158 valence electrons. The molecule has 1 fully saturated rings. The van der Waals surface area contributed by atoms with Gasteiger partial charge in [-0.15, -0.1) is 22.7 Å². The molecule has 1 aliphatic rings. The second-order valence-corrected chi connectivity index (χ2v) is 10.2. The van der Waals surface area contributed by atoms with Gasteiger partial charge in [-0.3, -0.25) is 9.69 Å². The third kappa shape index (κ3) is 4.44. The number of aryl methyl sites for hydroxylation is 1. The third-order valence-electron chi connectivity index (χ3n) is 5.35. The first-order valence-electron chi connectivity index (χ1n) is 9.67. The first kappa shape index (κ1) is 21.8. The van der Waals surface area contributed by atoms with E-state index >= 15 is 0 Å². The van der Waals surface area contributed by atoms with Crippen molar-refractivity contribution in [3.05, 3.63) is 72.2 Å². The first-order chi connectivity index (χ1) is 14.5. The van der Waals surface area contributed by atoms with Crippen LogP contribution >= 0.6 is 45.9 Å². The fraction of sp³-hybridized carbons (Fsp3) is 0.318. The number of nitrogens with zero attached hydrogens (tertiary/aromatic N) is 1. The summed E-state index contributed by atoms with van der Waals surface area (Å²) in [5.41, 5.74) is 3.24. The van der Waals surface area contributed by atoms with Crippen molar-refractivity contribution in [2.24, 2.45) is 0 Å². The van der Waals surface area contributed by atoms with Gasteiger partial charge in [-0.05, 0) is 48.6 Å². The summed E-state index contributed by atoms with van der Waals surface area (Å²) in [6.45, 7) is 7.11. The van der Waals surface area contributed by atoms with E-state index in [1.807, 2.05) is 29.6 Å². The Kier molecular flexibility index (Phi) is 6.82. The van der Waals surface area contributed by atoms with Gasteiger partial charge in [0, 0.05) is 33.6 Å². The molecular formula is C22H22Cl2N2O2S2. The van der Waals surface area contributed by atoms with Crippen molar-refractivity contribution in [2.75, 3.05) is 31.6 Å². The normalized spacial score (nSPS) is 15.9. The second kappa shape index (κ2) is 9.39. The van der Waals surface area contributed by atoms with Gasteiger partial charge in [0.25, 0.3) is 5.91 Å². The maximum absolute atomic E-state index is 12.8. The summed E-state index contributed by atoms with van der Waals surface area (Å²) >= 11 is 15.9. The summed E-state index contributed by atoms with van der Waals surface area (Å²) in [7, 11) is 0. The molecule has 1 aromatic carbocycles. The Bertz CT molecular complexity index is 1040. The van der Waals surface area contributed by atoms with Crippen LogP contribution in [-0.4, -0.2) is 37.1 Å². The lowest BCUT2D eigenvalue weighted by molar-refractivity contribution is 0.0240. The number of ether oxygens (including phenoxy) is 1. The molecule has 3 aromatic rings. The number of hydrogen-bond donors (Lipinski definition) is 1. The van der Waals surface area contributed by atoms with E-state index in [9.17, 15) is 4.79 Å². The molecular weight excluding hydrogens is 459 g/mol. The molecule has 0 saturated carbocycles. The van der Waals surface area contributed by atoms with Crippen molar-refractivity contribution < 1.29 is 9.53 Å². The fourth-order valence-electron chi connectivity index (χ4n) is 3.73. The topological polar surface area (TPSA) is 41.6 Å². The van der Waals surface area contributed by atoms with Crippen LogP contribution in [0, 0.1) is 13.8 Å². The van der Waals surface area contributed by atoms with Gasteiger partial charge in [0.1, 0.15) is 5.00 Å². The number of anilines is 1. The smallest absolute Gasteiger partial charge is 0.266 e. The minimum Gasteiger partial charge on any atom is -0.379 e. The fourth-order valence-corrected chi connectivity index (χ4v) is 5.95. The molecule has 4 rings (SSSR count). The Labute approximate surface area is 194 Å². The van der Waals surface area contributed by atoms with E-state index in [0.29, 0.717) is 28.1 Å². The van der Waals surface area contributed by atoms with Crippen LogP contribution in [0.25, 0.3) is 0 Å². The van der Waals surface area contributed by atoms with Crippen molar-refractivity contribution in [3.63, 3.8) is 0 Å². The van der Waals surface area contributed by atoms with Crippen LogP contribution in [0.4, 0.5) is 5.00 Å². The summed E-state index contributed by atoms with van der Waals surface area (Å²) in [4.78, 5) is 17.1. The molecule has 1 aliphatic heterocycles. The van der Waals surface area contributed by atoms with Gasteiger partial charge in [0.2, 0.25) is 0 Å². The van der Waals surface area contributed by atoms with Gasteiger partial charge in [0.05, 0.1) is 24.1 Å². The zero-order chi connectivity index (χ0) is 21.3. The molecule has 0 radical (unpaired) electrons. The molecule has 2 aromatic heterocycles. The van der Waals surface area contributed by atoms with Crippen molar-refractivity contribution in [2.45, 2.75) is 19.9 Å². The van der Waals surface area contributed by atoms with Crippen LogP contribution in [0.5, 0.6) is 0 Å². The minimum absolute atomic E-state index is 0.0876. The molecule has 0 spiro atoms. The van der Waals surface area contributed by atoms with Gasteiger partial charge >= 0.3 is 0 Å². The lowest BCUT2D eigenvalue weighted by atomic mass is 9.94. The summed E-state index contributed by atoms with van der Waals surface area (Å²) in [5, 5.41) is 7.16. The Morgan fingerprint density at radius 1 is 1.20 bits per heavy atom. The van der Waals surface area contributed by atoms with Crippen LogP contribution < -0.4 is 5.32 Å². The highest BCUT2D eigenvalue weighted by atomic mass is 35.5. The van der Waals surface area contributed by atoms with Crippen LogP contribution in [0.3, 0.4) is 0 Å². The number of amides is 1. The largest absolute Gasteiger partial charge is 0.379 e. The highest BCUT2D eigenvalue weighted by Gasteiger charge is 2.32. The van der Waals surface area contributed by atoms with E-state index in [1.165, 1.54) is 21.8 Å². The van der Waals surface area contributed by atoms with E-state index in [1.54, 1.807) is 17.4 Å². The van der Waals surface area contributed by atoms with Crippen molar-refractivity contribution >= 4 is 56.8 Å². The van der Waals surface area contributed by atoms with E-state index < -0.39 is 0 Å². The molecule has 1 atom stereocenters. The number of halogens is 2. The molecule has 0 aliphatic carbocycles. The standard InChI is InChI=1S/C22H22Cl2N2O2S2/c1-13-14(2)30-22(25-21(27)18-4-3-11-29-18)19(13)20(26-7-9-28-10-8-26)16-6-5-15(23)12-17(16)24/h3-6,11-12,20H,7-10H2,1-2H3,(H,25,27). The average Bonchev–Trinajstić information content (AvgIpc) is 3.35. The lowest BCUT2D eigenvalue weighted by Crippen LogP contribution is -2.40. The first-order valence-corrected chi connectivity index (χ1v) is 12.1. The zero-order valence-corrected chi connectivity index (χ0v) is 19.9. The van der Waals surface area contributed by atoms with Gasteiger partial charge < -0.3 is 10.1 Å². The van der Waals surface area contributed by atoms with E-state index in [-0.39, 0.29) is 11.9 Å².